The van der Waals surface area contributed by atoms with Crippen molar-refractivity contribution in [1.82, 2.24) is 0 Å². The van der Waals surface area contributed by atoms with E-state index in [-0.39, 0.29) is 5.41 Å². The Bertz CT molecular complexity index is 459. The van der Waals surface area contributed by atoms with Gasteiger partial charge in [-0.05, 0) is 36.8 Å². The van der Waals surface area contributed by atoms with Gasteiger partial charge < -0.3 is 0 Å². The van der Waals surface area contributed by atoms with Crippen LogP contribution in [0, 0.1) is 12.3 Å². The molecular weight excluding hydrogens is 192 g/mol. The second-order valence-electron chi connectivity index (χ2n) is 5.63. The molecule has 0 fully saturated rings. The summed E-state index contributed by atoms with van der Waals surface area (Å²) in [5.74, 6) is 0. The van der Waals surface area contributed by atoms with Gasteiger partial charge in [-0.15, -0.1) is 0 Å². The number of allylic oxidation sites excluding steroid dienone is 4. The average molecular weight is 212 g/mol. The van der Waals surface area contributed by atoms with Crippen LogP contribution in [0.4, 0.5) is 0 Å². The van der Waals surface area contributed by atoms with E-state index in [4.69, 9.17) is 0 Å². The Morgan fingerprint density at radius 1 is 1.12 bits per heavy atom. The molecule has 16 heavy (non-hydrogen) atoms. The highest BCUT2D eigenvalue weighted by Crippen LogP contribution is 2.36. The third-order valence-electron chi connectivity index (χ3n) is 3.03. The molecule has 0 N–H and O–H groups in total. The zero-order valence-corrected chi connectivity index (χ0v) is 10.7. The van der Waals surface area contributed by atoms with E-state index in [0.29, 0.717) is 0 Å². The number of hydrogen-bond acceptors (Lipinski definition) is 0. The Morgan fingerprint density at radius 3 is 2.50 bits per heavy atom. The molecule has 1 aromatic carbocycles. The van der Waals surface area contributed by atoms with Crippen LogP contribution < -0.4 is 0 Å². The molecule has 84 valence electrons. The second-order valence-corrected chi connectivity index (χ2v) is 5.63. The van der Waals surface area contributed by atoms with Gasteiger partial charge in [0.15, 0.2) is 0 Å². The largest absolute Gasteiger partial charge is 0.0719 e. The molecule has 0 aliphatic heterocycles. The van der Waals surface area contributed by atoms with Crippen molar-refractivity contribution in [1.29, 1.82) is 0 Å². The van der Waals surface area contributed by atoms with E-state index in [1.54, 1.807) is 0 Å². The first kappa shape index (κ1) is 11.2. The van der Waals surface area contributed by atoms with E-state index in [9.17, 15) is 0 Å². The molecule has 0 atom stereocenters. The van der Waals surface area contributed by atoms with Crippen molar-refractivity contribution in [2.45, 2.75) is 34.1 Å². The monoisotopic (exact) mass is 212 g/mol. The SMILES string of the molecule is CC1=CC(c2cccc(C)c2)=CC(C)(C)C1. The van der Waals surface area contributed by atoms with Crippen LogP contribution in [-0.4, -0.2) is 0 Å². The second kappa shape index (κ2) is 3.93. The number of rotatable bonds is 1. The van der Waals surface area contributed by atoms with E-state index in [1.165, 1.54) is 28.7 Å². The first-order valence-corrected chi connectivity index (χ1v) is 5.93. The molecule has 0 amide bonds. The van der Waals surface area contributed by atoms with E-state index in [1.807, 2.05) is 0 Å². The maximum atomic E-state index is 2.40. The van der Waals surface area contributed by atoms with Crippen molar-refractivity contribution in [3.8, 4) is 0 Å². The molecule has 0 heteroatoms. The van der Waals surface area contributed by atoms with E-state index in [0.717, 1.165) is 0 Å². The summed E-state index contributed by atoms with van der Waals surface area (Å²) in [5.41, 5.74) is 5.80. The van der Waals surface area contributed by atoms with Gasteiger partial charge in [0.1, 0.15) is 0 Å². The van der Waals surface area contributed by atoms with Crippen molar-refractivity contribution < 1.29 is 0 Å². The van der Waals surface area contributed by atoms with Gasteiger partial charge in [-0.1, -0.05) is 61.4 Å². The molecule has 1 aromatic rings. The molecule has 0 nitrogen and oxygen atoms in total. The van der Waals surface area contributed by atoms with Crippen LogP contribution >= 0.6 is 0 Å². The third kappa shape index (κ3) is 2.44. The van der Waals surface area contributed by atoms with E-state index < -0.39 is 0 Å². The lowest BCUT2D eigenvalue weighted by molar-refractivity contribution is 0.472. The van der Waals surface area contributed by atoms with Crippen molar-refractivity contribution in [3.05, 3.63) is 53.1 Å². The maximum Gasteiger partial charge on any atom is -0.0129 e. The molecular formula is C16H20. The first-order chi connectivity index (χ1) is 7.46. The predicted octanol–water partition coefficient (Wildman–Crippen LogP) is 4.75. The van der Waals surface area contributed by atoms with Crippen molar-refractivity contribution in [2.75, 3.05) is 0 Å². The molecule has 0 unspecified atom stereocenters. The van der Waals surface area contributed by atoms with Crippen LogP contribution in [0.25, 0.3) is 5.57 Å². The van der Waals surface area contributed by atoms with Gasteiger partial charge >= 0.3 is 0 Å². The van der Waals surface area contributed by atoms with Crippen LogP contribution in [0.15, 0.2) is 42.0 Å². The summed E-state index contributed by atoms with van der Waals surface area (Å²) in [7, 11) is 0. The average Bonchev–Trinajstić information content (AvgIpc) is 2.14. The fourth-order valence-corrected chi connectivity index (χ4v) is 2.54. The van der Waals surface area contributed by atoms with Gasteiger partial charge in [-0.3, -0.25) is 0 Å². The molecule has 1 aliphatic rings. The summed E-state index contributed by atoms with van der Waals surface area (Å²) in [6.07, 6.45) is 5.89. The zero-order valence-electron chi connectivity index (χ0n) is 10.7. The highest BCUT2D eigenvalue weighted by atomic mass is 14.2. The summed E-state index contributed by atoms with van der Waals surface area (Å²) in [6, 6.07) is 8.74. The quantitative estimate of drug-likeness (QED) is 0.630. The van der Waals surface area contributed by atoms with Crippen molar-refractivity contribution in [2.24, 2.45) is 5.41 Å². The third-order valence-corrected chi connectivity index (χ3v) is 3.03. The minimum Gasteiger partial charge on any atom is -0.0719 e. The summed E-state index contributed by atoms with van der Waals surface area (Å²) in [4.78, 5) is 0. The Balaban J connectivity index is 2.44. The number of aryl methyl sites for hydroxylation is 1. The van der Waals surface area contributed by atoms with Gasteiger partial charge in [-0.25, -0.2) is 0 Å². The minimum atomic E-state index is 0.290. The van der Waals surface area contributed by atoms with Gasteiger partial charge in [0.05, 0.1) is 0 Å². The fourth-order valence-electron chi connectivity index (χ4n) is 2.54. The van der Waals surface area contributed by atoms with E-state index in [2.05, 4.69) is 64.1 Å². The van der Waals surface area contributed by atoms with Crippen LogP contribution in [-0.2, 0) is 0 Å². The molecule has 2 rings (SSSR count). The molecule has 1 aliphatic carbocycles. The van der Waals surface area contributed by atoms with Gasteiger partial charge in [0, 0.05) is 0 Å². The lowest BCUT2D eigenvalue weighted by Crippen LogP contribution is -2.12. The number of hydrogen-bond donors (Lipinski definition) is 0. The fraction of sp³-hybridized carbons (Fsp3) is 0.375. The molecule has 0 heterocycles. The Hall–Kier alpha value is -1.30. The van der Waals surface area contributed by atoms with Crippen LogP contribution in [0.1, 0.15) is 38.3 Å². The molecule has 0 spiro atoms. The Kier molecular flexibility index (Phi) is 2.75. The van der Waals surface area contributed by atoms with Crippen LogP contribution in [0.5, 0.6) is 0 Å². The lowest BCUT2D eigenvalue weighted by Gasteiger charge is -2.26. The maximum absolute atomic E-state index is 2.40. The summed E-state index contributed by atoms with van der Waals surface area (Å²) in [5, 5.41) is 0. The Morgan fingerprint density at radius 2 is 1.88 bits per heavy atom. The first-order valence-electron chi connectivity index (χ1n) is 5.93. The summed E-state index contributed by atoms with van der Waals surface area (Å²) in [6.45, 7) is 8.98. The van der Waals surface area contributed by atoms with Gasteiger partial charge in [0.2, 0.25) is 0 Å². The smallest absolute Gasteiger partial charge is 0.0129 e. The molecule has 0 aromatic heterocycles. The van der Waals surface area contributed by atoms with Crippen LogP contribution in [0.3, 0.4) is 0 Å². The normalized spacial score (nSPS) is 19.0. The Labute approximate surface area is 98.7 Å². The zero-order chi connectivity index (χ0) is 11.8. The molecule has 0 radical (unpaired) electrons. The molecule has 0 bridgehead atoms. The van der Waals surface area contributed by atoms with Crippen molar-refractivity contribution >= 4 is 5.57 Å². The summed E-state index contributed by atoms with van der Waals surface area (Å²) < 4.78 is 0. The predicted molar refractivity (Wildman–Crippen MR) is 71.3 cm³/mol. The van der Waals surface area contributed by atoms with Crippen LogP contribution in [0.2, 0.25) is 0 Å². The number of benzene rings is 1. The summed E-state index contributed by atoms with van der Waals surface area (Å²) >= 11 is 0. The highest BCUT2D eigenvalue weighted by molar-refractivity contribution is 5.76. The highest BCUT2D eigenvalue weighted by Gasteiger charge is 2.20. The standard InChI is InChI=1S/C16H20/c1-12-6-5-7-14(8-12)15-9-13(2)10-16(3,4)11-15/h5-9,11H,10H2,1-4H3. The topological polar surface area (TPSA) is 0 Å². The lowest BCUT2D eigenvalue weighted by atomic mass is 9.78. The minimum absolute atomic E-state index is 0.290. The molecule has 0 saturated carbocycles. The van der Waals surface area contributed by atoms with Gasteiger partial charge in [-0.2, -0.15) is 0 Å². The van der Waals surface area contributed by atoms with Gasteiger partial charge in [0.25, 0.3) is 0 Å². The van der Waals surface area contributed by atoms with E-state index >= 15 is 0 Å². The van der Waals surface area contributed by atoms with Crippen molar-refractivity contribution in [3.63, 3.8) is 0 Å². The molecule has 0 saturated heterocycles.